The third-order valence-corrected chi connectivity index (χ3v) is 1.78. The molecule has 2 rings (SSSR count). The first kappa shape index (κ1) is 13.0. The van der Waals surface area contributed by atoms with E-state index in [1.165, 1.54) is 0 Å². The minimum absolute atomic E-state index is 0. The Morgan fingerprint density at radius 2 is 1.64 bits per heavy atom. The number of nitrogen functional groups attached to an aromatic ring is 2. The molecule has 6 heteroatoms. The van der Waals surface area contributed by atoms with Gasteiger partial charge in [0.05, 0.1) is 5.69 Å². The standard InChI is InChI=1S/C8H10N2O2.2ClH/c9-5-1-2-6-8(7(5)10)12-4-3-11-6;;/h1-2H,3-4,9-10H2;2*1H. The predicted octanol–water partition coefficient (Wildman–Crippen LogP) is 1.47. The van der Waals surface area contributed by atoms with Gasteiger partial charge in [-0.2, -0.15) is 0 Å². The van der Waals surface area contributed by atoms with E-state index >= 15 is 0 Å². The van der Waals surface area contributed by atoms with Crippen molar-refractivity contribution in [1.82, 2.24) is 0 Å². The lowest BCUT2D eigenvalue weighted by Gasteiger charge is -2.20. The molecule has 0 saturated heterocycles. The highest BCUT2D eigenvalue weighted by atomic mass is 35.5. The number of hydrogen-bond donors (Lipinski definition) is 2. The highest BCUT2D eigenvalue weighted by molar-refractivity contribution is 5.85. The van der Waals surface area contributed by atoms with E-state index in [0.717, 1.165) is 0 Å². The van der Waals surface area contributed by atoms with Gasteiger partial charge in [-0.05, 0) is 12.1 Å². The van der Waals surface area contributed by atoms with E-state index in [2.05, 4.69) is 0 Å². The van der Waals surface area contributed by atoms with Gasteiger partial charge >= 0.3 is 0 Å². The highest BCUT2D eigenvalue weighted by Crippen LogP contribution is 2.38. The maximum absolute atomic E-state index is 5.67. The van der Waals surface area contributed by atoms with Gasteiger partial charge in [0, 0.05) is 0 Å². The fourth-order valence-corrected chi connectivity index (χ4v) is 1.15. The summed E-state index contributed by atoms with van der Waals surface area (Å²) in [6.07, 6.45) is 0. The number of halogens is 2. The van der Waals surface area contributed by atoms with Crippen molar-refractivity contribution in [3.63, 3.8) is 0 Å². The van der Waals surface area contributed by atoms with Crippen LogP contribution in [0.25, 0.3) is 0 Å². The first-order valence-corrected chi connectivity index (χ1v) is 3.72. The Morgan fingerprint density at radius 1 is 1.00 bits per heavy atom. The molecule has 0 fully saturated rings. The second kappa shape index (κ2) is 5.02. The Balaban J connectivity index is 0.000000845. The Kier molecular flexibility index (Phi) is 4.67. The summed E-state index contributed by atoms with van der Waals surface area (Å²) >= 11 is 0. The Morgan fingerprint density at radius 3 is 2.36 bits per heavy atom. The lowest BCUT2D eigenvalue weighted by molar-refractivity contribution is 0.173. The zero-order valence-electron chi connectivity index (χ0n) is 7.36. The van der Waals surface area contributed by atoms with Gasteiger partial charge in [-0.25, -0.2) is 0 Å². The lowest BCUT2D eigenvalue weighted by Crippen LogP contribution is -2.16. The van der Waals surface area contributed by atoms with E-state index < -0.39 is 0 Å². The Bertz CT molecular complexity index is 320. The average molecular weight is 239 g/mol. The maximum Gasteiger partial charge on any atom is 0.186 e. The summed E-state index contributed by atoms with van der Waals surface area (Å²) in [6, 6.07) is 3.48. The number of nitrogens with two attached hydrogens (primary N) is 2. The van der Waals surface area contributed by atoms with Gasteiger partial charge in [-0.3, -0.25) is 0 Å². The van der Waals surface area contributed by atoms with Crippen molar-refractivity contribution >= 4 is 36.2 Å². The van der Waals surface area contributed by atoms with Crippen LogP contribution >= 0.6 is 24.8 Å². The quantitative estimate of drug-likeness (QED) is 0.672. The van der Waals surface area contributed by atoms with Crippen molar-refractivity contribution in [3.8, 4) is 11.5 Å². The van der Waals surface area contributed by atoms with Crippen LogP contribution in [0, 0.1) is 0 Å². The fourth-order valence-electron chi connectivity index (χ4n) is 1.15. The van der Waals surface area contributed by atoms with Crippen LogP contribution in [0.3, 0.4) is 0 Å². The molecule has 4 nitrogen and oxygen atoms in total. The number of fused-ring (bicyclic) bond motifs is 1. The second-order valence-electron chi connectivity index (χ2n) is 2.59. The number of rotatable bonds is 0. The zero-order chi connectivity index (χ0) is 8.55. The summed E-state index contributed by atoms with van der Waals surface area (Å²) in [4.78, 5) is 0. The summed E-state index contributed by atoms with van der Waals surface area (Å²) in [7, 11) is 0. The van der Waals surface area contributed by atoms with E-state index in [4.69, 9.17) is 20.9 Å². The normalized spacial score (nSPS) is 12.3. The maximum atomic E-state index is 5.67. The molecule has 0 radical (unpaired) electrons. The molecular formula is C8H12Cl2N2O2. The Hall–Kier alpha value is -1.00. The van der Waals surface area contributed by atoms with Crippen LogP contribution in [0.4, 0.5) is 11.4 Å². The molecule has 1 heterocycles. The first-order chi connectivity index (χ1) is 5.79. The molecule has 1 aliphatic heterocycles. The molecule has 0 atom stereocenters. The summed E-state index contributed by atoms with van der Waals surface area (Å²) in [5, 5.41) is 0. The van der Waals surface area contributed by atoms with E-state index in [0.29, 0.717) is 36.1 Å². The molecule has 0 saturated carbocycles. The van der Waals surface area contributed by atoms with E-state index in [1.54, 1.807) is 12.1 Å². The predicted molar refractivity (Wildman–Crippen MR) is 60.8 cm³/mol. The molecule has 0 aromatic heterocycles. The molecule has 0 bridgehead atoms. The van der Waals surface area contributed by atoms with E-state index in [1.807, 2.05) is 0 Å². The van der Waals surface area contributed by atoms with E-state index in [9.17, 15) is 0 Å². The van der Waals surface area contributed by atoms with Gasteiger partial charge < -0.3 is 20.9 Å². The average Bonchev–Trinajstić information content (AvgIpc) is 2.12. The molecule has 80 valence electrons. The summed E-state index contributed by atoms with van der Waals surface area (Å²) < 4.78 is 10.6. The molecule has 14 heavy (non-hydrogen) atoms. The smallest absolute Gasteiger partial charge is 0.186 e. The van der Waals surface area contributed by atoms with Crippen molar-refractivity contribution in [2.24, 2.45) is 0 Å². The van der Waals surface area contributed by atoms with E-state index in [-0.39, 0.29) is 24.8 Å². The fraction of sp³-hybridized carbons (Fsp3) is 0.250. The number of ether oxygens (including phenoxy) is 2. The van der Waals surface area contributed by atoms with Crippen LogP contribution < -0.4 is 20.9 Å². The minimum atomic E-state index is 0. The molecule has 1 aromatic rings. The largest absolute Gasteiger partial charge is 0.486 e. The topological polar surface area (TPSA) is 70.5 Å². The van der Waals surface area contributed by atoms with Crippen LogP contribution in [-0.2, 0) is 0 Å². The number of anilines is 2. The summed E-state index contributed by atoms with van der Waals surface area (Å²) in [6.45, 7) is 1.09. The SMILES string of the molecule is Cl.Cl.Nc1ccc2c(c1N)OCCO2. The van der Waals surface area contributed by atoms with Crippen LogP contribution in [0.5, 0.6) is 11.5 Å². The van der Waals surface area contributed by atoms with Crippen LogP contribution in [0.15, 0.2) is 12.1 Å². The zero-order valence-corrected chi connectivity index (χ0v) is 8.99. The van der Waals surface area contributed by atoms with Crippen LogP contribution in [0.1, 0.15) is 0 Å². The molecule has 0 spiro atoms. The van der Waals surface area contributed by atoms with Gasteiger partial charge in [0.1, 0.15) is 18.9 Å². The number of benzene rings is 1. The van der Waals surface area contributed by atoms with Crippen LogP contribution in [0.2, 0.25) is 0 Å². The lowest BCUT2D eigenvalue weighted by atomic mass is 10.2. The molecular weight excluding hydrogens is 227 g/mol. The van der Waals surface area contributed by atoms with Gasteiger partial charge in [-0.15, -0.1) is 24.8 Å². The van der Waals surface area contributed by atoms with Crippen molar-refractivity contribution in [2.45, 2.75) is 0 Å². The second-order valence-corrected chi connectivity index (χ2v) is 2.59. The van der Waals surface area contributed by atoms with Crippen molar-refractivity contribution in [1.29, 1.82) is 0 Å². The molecule has 0 aliphatic carbocycles. The van der Waals surface area contributed by atoms with Crippen LogP contribution in [-0.4, -0.2) is 13.2 Å². The summed E-state index contributed by atoms with van der Waals surface area (Å²) in [5.41, 5.74) is 12.2. The molecule has 1 aromatic carbocycles. The molecule has 0 amide bonds. The number of hydrogen-bond acceptors (Lipinski definition) is 4. The highest BCUT2D eigenvalue weighted by Gasteiger charge is 2.15. The third-order valence-electron chi connectivity index (χ3n) is 1.78. The first-order valence-electron chi connectivity index (χ1n) is 3.72. The molecule has 4 N–H and O–H groups in total. The Labute approximate surface area is 94.4 Å². The van der Waals surface area contributed by atoms with Crippen molar-refractivity contribution in [3.05, 3.63) is 12.1 Å². The van der Waals surface area contributed by atoms with Gasteiger partial charge in [-0.1, -0.05) is 0 Å². The molecule has 1 aliphatic rings. The monoisotopic (exact) mass is 238 g/mol. The molecule has 0 unspecified atom stereocenters. The van der Waals surface area contributed by atoms with Gasteiger partial charge in [0.15, 0.2) is 11.5 Å². The van der Waals surface area contributed by atoms with Gasteiger partial charge in [0.25, 0.3) is 0 Å². The third kappa shape index (κ3) is 2.08. The van der Waals surface area contributed by atoms with Crippen molar-refractivity contribution < 1.29 is 9.47 Å². The van der Waals surface area contributed by atoms with Crippen molar-refractivity contribution in [2.75, 3.05) is 24.7 Å². The minimum Gasteiger partial charge on any atom is -0.486 e. The van der Waals surface area contributed by atoms with Gasteiger partial charge in [0.2, 0.25) is 0 Å². The summed E-state index contributed by atoms with van der Waals surface area (Å²) in [5.74, 6) is 1.24.